The molecular formula is C18H20N2O3. The Hall–Kier alpha value is -2.82. The van der Waals surface area contributed by atoms with Gasteiger partial charge in [0.1, 0.15) is 0 Å². The highest BCUT2D eigenvalue weighted by Gasteiger charge is 2.06. The van der Waals surface area contributed by atoms with Crippen molar-refractivity contribution in [3.63, 3.8) is 0 Å². The fourth-order valence-corrected chi connectivity index (χ4v) is 1.85. The van der Waals surface area contributed by atoms with Gasteiger partial charge in [0.25, 0.3) is 5.91 Å². The largest absolute Gasteiger partial charge is 0.490 e. The Kier molecular flexibility index (Phi) is 6.17. The number of nitrogens with one attached hydrogen (secondary N) is 1. The molecule has 0 saturated carbocycles. The van der Waals surface area contributed by atoms with E-state index in [4.69, 9.17) is 9.47 Å². The average molecular weight is 312 g/mol. The highest BCUT2D eigenvalue weighted by atomic mass is 16.5. The van der Waals surface area contributed by atoms with Gasteiger partial charge in [-0.15, -0.1) is 0 Å². The lowest BCUT2D eigenvalue weighted by atomic mass is 10.2. The van der Waals surface area contributed by atoms with Crippen molar-refractivity contribution in [3.05, 3.63) is 59.7 Å². The summed E-state index contributed by atoms with van der Waals surface area (Å²) < 4.78 is 10.9. The van der Waals surface area contributed by atoms with Gasteiger partial charge in [0.2, 0.25) is 0 Å². The van der Waals surface area contributed by atoms with Crippen LogP contribution in [0.2, 0.25) is 0 Å². The van der Waals surface area contributed by atoms with E-state index >= 15 is 0 Å². The minimum atomic E-state index is -0.334. The summed E-state index contributed by atoms with van der Waals surface area (Å²) in [6, 6.07) is 15.1. The van der Waals surface area contributed by atoms with Crippen molar-refractivity contribution >= 4 is 12.1 Å². The fourth-order valence-electron chi connectivity index (χ4n) is 1.85. The monoisotopic (exact) mass is 312 g/mol. The Labute approximate surface area is 135 Å². The molecule has 0 atom stereocenters. The normalized spacial score (nSPS) is 10.5. The molecule has 0 saturated heterocycles. The van der Waals surface area contributed by atoms with Crippen LogP contribution in [0.25, 0.3) is 0 Å². The molecule has 2 aromatic rings. The summed E-state index contributed by atoms with van der Waals surface area (Å²) in [7, 11) is 0. The third kappa shape index (κ3) is 5.47. The number of hydrazone groups is 1. The van der Waals surface area contributed by atoms with Crippen LogP contribution in [0.5, 0.6) is 11.5 Å². The van der Waals surface area contributed by atoms with E-state index in [1.807, 2.05) is 50.2 Å². The van der Waals surface area contributed by atoms with E-state index in [1.165, 1.54) is 5.56 Å². The number of rotatable bonds is 7. The van der Waals surface area contributed by atoms with E-state index in [1.54, 1.807) is 18.3 Å². The lowest BCUT2D eigenvalue weighted by Crippen LogP contribution is -2.24. The summed E-state index contributed by atoms with van der Waals surface area (Å²) in [4.78, 5) is 11.7. The maximum Gasteiger partial charge on any atom is 0.277 e. The molecule has 0 radical (unpaired) electrons. The maximum atomic E-state index is 11.7. The predicted molar refractivity (Wildman–Crippen MR) is 90.0 cm³/mol. The van der Waals surface area contributed by atoms with Gasteiger partial charge < -0.3 is 9.47 Å². The van der Waals surface area contributed by atoms with Gasteiger partial charge in [-0.3, -0.25) is 4.79 Å². The molecule has 0 aliphatic heterocycles. The van der Waals surface area contributed by atoms with Crippen LogP contribution in [0.4, 0.5) is 0 Å². The zero-order chi connectivity index (χ0) is 16.5. The number of amides is 1. The molecule has 2 aromatic carbocycles. The number of benzene rings is 2. The molecule has 0 bridgehead atoms. The number of carbonyl (C=O) groups is 1. The highest BCUT2D eigenvalue weighted by Crippen LogP contribution is 2.26. The third-order valence-electron chi connectivity index (χ3n) is 2.99. The standard InChI is InChI=1S/C18H20N2O3/c1-3-22-16-6-4-5-7-17(16)23-13-18(21)20-19-12-15-10-8-14(2)9-11-15/h4-12H,3,13H2,1-2H3,(H,20,21)/b19-12-. The molecule has 2 rings (SSSR count). The van der Waals surface area contributed by atoms with Crippen LogP contribution in [0.1, 0.15) is 18.1 Å². The van der Waals surface area contributed by atoms with Gasteiger partial charge in [0, 0.05) is 0 Å². The molecule has 5 nitrogen and oxygen atoms in total. The van der Waals surface area contributed by atoms with Crippen molar-refractivity contribution in [2.75, 3.05) is 13.2 Å². The molecule has 0 heterocycles. The topological polar surface area (TPSA) is 59.9 Å². The quantitative estimate of drug-likeness (QED) is 0.631. The van der Waals surface area contributed by atoms with Crippen LogP contribution in [-0.4, -0.2) is 25.3 Å². The zero-order valence-corrected chi connectivity index (χ0v) is 13.3. The van der Waals surface area contributed by atoms with Crippen LogP contribution in [0, 0.1) is 6.92 Å². The second kappa shape index (κ2) is 8.58. The number of carbonyl (C=O) groups excluding carboxylic acids is 1. The lowest BCUT2D eigenvalue weighted by molar-refractivity contribution is -0.123. The van der Waals surface area contributed by atoms with Gasteiger partial charge in [-0.25, -0.2) is 5.43 Å². The van der Waals surface area contributed by atoms with E-state index < -0.39 is 0 Å². The molecule has 1 N–H and O–H groups in total. The Morgan fingerprint density at radius 1 is 1.09 bits per heavy atom. The maximum absolute atomic E-state index is 11.7. The molecule has 23 heavy (non-hydrogen) atoms. The molecule has 0 aliphatic rings. The van der Waals surface area contributed by atoms with Crippen LogP contribution in [0.3, 0.4) is 0 Å². The second-order valence-corrected chi connectivity index (χ2v) is 4.87. The first-order valence-electron chi connectivity index (χ1n) is 7.42. The number of nitrogens with zero attached hydrogens (tertiary/aromatic N) is 1. The summed E-state index contributed by atoms with van der Waals surface area (Å²) >= 11 is 0. The molecule has 0 spiro atoms. The first-order chi connectivity index (χ1) is 11.2. The van der Waals surface area contributed by atoms with Crippen molar-refractivity contribution < 1.29 is 14.3 Å². The van der Waals surface area contributed by atoms with Crippen molar-refractivity contribution in [2.45, 2.75) is 13.8 Å². The Balaban J connectivity index is 1.82. The molecular weight excluding hydrogens is 292 g/mol. The second-order valence-electron chi connectivity index (χ2n) is 4.87. The number of ether oxygens (including phenoxy) is 2. The van der Waals surface area contributed by atoms with E-state index in [2.05, 4.69) is 10.5 Å². The van der Waals surface area contributed by atoms with E-state index in [9.17, 15) is 4.79 Å². The molecule has 0 unspecified atom stereocenters. The third-order valence-corrected chi connectivity index (χ3v) is 2.99. The minimum Gasteiger partial charge on any atom is -0.490 e. The molecule has 120 valence electrons. The van der Waals surface area contributed by atoms with Gasteiger partial charge in [-0.05, 0) is 31.5 Å². The van der Waals surface area contributed by atoms with E-state index in [0.717, 1.165) is 5.56 Å². The Bertz CT molecular complexity index is 666. The summed E-state index contributed by atoms with van der Waals surface area (Å²) in [5.41, 5.74) is 4.52. The zero-order valence-electron chi connectivity index (χ0n) is 13.3. The first kappa shape index (κ1) is 16.5. The van der Waals surface area contributed by atoms with Crippen molar-refractivity contribution in [3.8, 4) is 11.5 Å². The van der Waals surface area contributed by atoms with Gasteiger partial charge >= 0.3 is 0 Å². The molecule has 1 amide bonds. The van der Waals surface area contributed by atoms with Crippen molar-refractivity contribution in [1.82, 2.24) is 5.43 Å². The Morgan fingerprint density at radius 2 is 1.74 bits per heavy atom. The summed E-state index contributed by atoms with van der Waals surface area (Å²) in [5.74, 6) is 0.817. The molecule has 0 fully saturated rings. The van der Waals surface area contributed by atoms with Crippen LogP contribution < -0.4 is 14.9 Å². The van der Waals surface area contributed by atoms with Gasteiger partial charge in [0.05, 0.1) is 12.8 Å². The predicted octanol–water partition coefficient (Wildman–Crippen LogP) is 2.92. The Morgan fingerprint density at radius 3 is 2.39 bits per heavy atom. The summed E-state index contributed by atoms with van der Waals surface area (Å²) in [5, 5.41) is 3.91. The number of aryl methyl sites for hydroxylation is 1. The number of hydrogen-bond donors (Lipinski definition) is 1. The molecule has 0 aromatic heterocycles. The number of hydrogen-bond acceptors (Lipinski definition) is 4. The first-order valence-corrected chi connectivity index (χ1v) is 7.42. The van der Waals surface area contributed by atoms with Crippen LogP contribution in [0.15, 0.2) is 53.6 Å². The minimum absolute atomic E-state index is 0.130. The van der Waals surface area contributed by atoms with Gasteiger partial charge in [0.15, 0.2) is 18.1 Å². The average Bonchev–Trinajstić information content (AvgIpc) is 2.56. The highest BCUT2D eigenvalue weighted by molar-refractivity contribution is 5.82. The smallest absolute Gasteiger partial charge is 0.277 e. The van der Waals surface area contributed by atoms with Crippen LogP contribution >= 0.6 is 0 Å². The van der Waals surface area contributed by atoms with Crippen LogP contribution in [-0.2, 0) is 4.79 Å². The number of para-hydroxylation sites is 2. The fraction of sp³-hybridized carbons (Fsp3) is 0.222. The summed E-state index contributed by atoms with van der Waals surface area (Å²) in [6.07, 6.45) is 1.59. The van der Waals surface area contributed by atoms with E-state index in [0.29, 0.717) is 18.1 Å². The van der Waals surface area contributed by atoms with Crippen molar-refractivity contribution in [1.29, 1.82) is 0 Å². The van der Waals surface area contributed by atoms with Gasteiger partial charge in [-0.1, -0.05) is 42.0 Å². The summed E-state index contributed by atoms with van der Waals surface area (Å²) in [6.45, 7) is 4.31. The van der Waals surface area contributed by atoms with Gasteiger partial charge in [-0.2, -0.15) is 5.10 Å². The molecule has 0 aliphatic carbocycles. The lowest BCUT2D eigenvalue weighted by Gasteiger charge is -2.10. The van der Waals surface area contributed by atoms with Crippen molar-refractivity contribution in [2.24, 2.45) is 5.10 Å². The van der Waals surface area contributed by atoms with E-state index in [-0.39, 0.29) is 12.5 Å². The SMILES string of the molecule is CCOc1ccccc1OCC(=O)N/N=C\c1ccc(C)cc1. The molecule has 5 heteroatoms.